The Morgan fingerprint density at radius 3 is 2.50 bits per heavy atom. The molecule has 0 saturated carbocycles. The summed E-state index contributed by atoms with van der Waals surface area (Å²) in [6.07, 6.45) is 2.10. The average Bonchev–Trinajstić information content (AvgIpc) is 3.20. The number of fused-ring (bicyclic) bond motifs is 1. The minimum Gasteiger partial charge on any atom is -0.351 e. The summed E-state index contributed by atoms with van der Waals surface area (Å²) in [7, 11) is -3.58. The number of carbonyl (C=O) groups is 3. The van der Waals surface area contributed by atoms with E-state index in [1.807, 2.05) is 5.32 Å². The minimum atomic E-state index is -3.58. The van der Waals surface area contributed by atoms with Crippen LogP contribution in [0.15, 0.2) is 35.2 Å². The van der Waals surface area contributed by atoms with Gasteiger partial charge in [0, 0.05) is 11.3 Å². The second kappa shape index (κ2) is 8.11. The molecule has 0 bridgehead atoms. The molecule has 148 valence electrons. The summed E-state index contributed by atoms with van der Waals surface area (Å²) in [6.45, 7) is 0. The molecule has 1 aromatic carbocycles. The molecule has 0 atom stereocenters. The van der Waals surface area contributed by atoms with E-state index in [-0.39, 0.29) is 22.6 Å². The van der Waals surface area contributed by atoms with E-state index in [2.05, 4.69) is 5.32 Å². The number of aryl methyl sites for hydroxylation is 1. The number of thiophene rings is 1. The highest BCUT2D eigenvalue weighted by Gasteiger charge is 2.28. The fourth-order valence-corrected chi connectivity index (χ4v) is 5.63. The van der Waals surface area contributed by atoms with E-state index in [1.165, 1.54) is 23.5 Å². The smallest absolute Gasteiger partial charge is 0.319 e. The minimum absolute atomic E-state index is 0.152. The first-order valence-electron chi connectivity index (χ1n) is 8.61. The molecule has 2 aromatic rings. The highest BCUT2D eigenvalue weighted by Crippen LogP contribution is 2.39. The second-order valence-corrected chi connectivity index (χ2v) is 9.52. The van der Waals surface area contributed by atoms with Gasteiger partial charge in [0.25, 0.3) is 5.91 Å². The van der Waals surface area contributed by atoms with E-state index in [1.54, 1.807) is 18.2 Å². The first-order chi connectivity index (χ1) is 13.3. The van der Waals surface area contributed by atoms with Crippen molar-refractivity contribution in [2.45, 2.75) is 30.6 Å². The van der Waals surface area contributed by atoms with Crippen molar-refractivity contribution in [2.75, 3.05) is 11.1 Å². The highest BCUT2D eigenvalue weighted by molar-refractivity contribution is 7.91. The molecule has 1 heterocycles. The number of imide groups is 1. The van der Waals surface area contributed by atoms with E-state index in [4.69, 9.17) is 5.73 Å². The fraction of sp³-hybridized carbons (Fsp3) is 0.278. The lowest BCUT2D eigenvalue weighted by Crippen LogP contribution is -2.35. The zero-order valence-electron chi connectivity index (χ0n) is 14.9. The van der Waals surface area contributed by atoms with Crippen LogP contribution >= 0.6 is 11.3 Å². The molecule has 8 nitrogen and oxygen atoms in total. The third kappa shape index (κ3) is 4.39. The van der Waals surface area contributed by atoms with E-state index < -0.39 is 27.7 Å². The van der Waals surface area contributed by atoms with E-state index in [0.717, 1.165) is 23.3 Å². The van der Waals surface area contributed by atoms with Gasteiger partial charge in [-0.15, -0.1) is 11.3 Å². The molecule has 3 rings (SSSR count). The molecule has 28 heavy (non-hydrogen) atoms. The Labute approximate surface area is 166 Å². The first-order valence-corrected chi connectivity index (χ1v) is 11.1. The van der Waals surface area contributed by atoms with Gasteiger partial charge in [-0.2, -0.15) is 0 Å². The Bertz CT molecular complexity index is 1030. The summed E-state index contributed by atoms with van der Waals surface area (Å²) in [6, 6.07) is 6.91. The molecule has 1 aliphatic carbocycles. The van der Waals surface area contributed by atoms with E-state index >= 15 is 0 Å². The molecule has 10 heteroatoms. The first kappa shape index (κ1) is 20.0. The van der Waals surface area contributed by atoms with Crippen molar-refractivity contribution in [2.24, 2.45) is 5.73 Å². The Morgan fingerprint density at radius 2 is 1.82 bits per heavy atom. The van der Waals surface area contributed by atoms with Crippen molar-refractivity contribution in [1.82, 2.24) is 5.32 Å². The monoisotopic (exact) mass is 421 g/mol. The molecular formula is C18H19N3O5S2. The number of hydrogen-bond donors (Lipinski definition) is 3. The standard InChI is InChI=1S/C18H19N3O5S2/c19-18(24)21-16(23)15-12-7-4-8-13(12)27-17(15)20-14(22)9-10-28(25,26)11-5-2-1-3-6-11/h1-3,5-6H,4,7-10H2,(H,20,22)(H3,19,21,23,24). The molecule has 0 radical (unpaired) electrons. The van der Waals surface area contributed by atoms with Gasteiger partial charge in [0.15, 0.2) is 9.84 Å². The third-order valence-corrected chi connectivity index (χ3v) is 7.28. The van der Waals surface area contributed by atoms with Crippen LogP contribution in [-0.4, -0.2) is 32.0 Å². The Balaban J connectivity index is 1.72. The third-order valence-electron chi connectivity index (χ3n) is 4.34. The van der Waals surface area contributed by atoms with Gasteiger partial charge < -0.3 is 11.1 Å². The molecule has 0 fully saturated rings. The number of nitrogens with one attached hydrogen (secondary N) is 2. The summed E-state index contributed by atoms with van der Waals surface area (Å²) < 4.78 is 24.6. The summed E-state index contributed by atoms with van der Waals surface area (Å²) in [5.74, 6) is -1.54. The van der Waals surface area contributed by atoms with Crippen LogP contribution in [0.25, 0.3) is 0 Å². The fourth-order valence-electron chi connectivity index (χ4n) is 3.07. The number of amides is 4. The predicted molar refractivity (Wildman–Crippen MR) is 105 cm³/mol. The Morgan fingerprint density at radius 1 is 1.11 bits per heavy atom. The molecule has 0 unspecified atom stereocenters. The van der Waals surface area contributed by atoms with Gasteiger partial charge >= 0.3 is 6.03 Å². The van der Waals surface area contributed by atoms with Gasteiger partial charge in [0.2, 0.25) is 5.91 Å². The lowest BCUT2D eigenvalue weighted by atomic mass is 10.1. The lowest BCUT2D eigenvalue weighted by molar-refractivity contribution is -0.115. The van der Waals surface area contributed by atoms with Crippen molar-refractivity contribution in [3.63, 3.8) is 0 Å². The second-order valence-electron chi connectivity index (χ2n) is 6.31. The van der Waals surface area contributed by atoms with Gasteiger partial charge in [0.05, 0.1) is 16.2 Å². The lowest BCUT2D eigenvalue weighted by Gasteiger charge is -2.08. The molecule has 0 aliphatic heterocycles. The van der Waals surface area contributed by atoms with Crippen LogP contribution < -0.4 is 16.4 Å². The predicted octanol–water partition coefficient (Wildman–Crippen LogP) is 1.85. The maximum absolute atomic E-state index is 12.3. The van der Waals surface area contributed by atoms with Gasteiger partial charge in [-0.25, -0.2) is 13.2 Å². The van der Waals surface area contributed by atoms with Crippen LogP contribution in [0, 0.1) is 0 Å². The van der Waals surface area contributed by atoms with Crippen molar-refractivity contribution in [3.05, 3.63) is 46.3 Å². The van der Waals surface area contributed by atoms with E-state index in [9.17, 15) is 22.8 Å². The number of rotatable bonds is 6. The summed E-state index contributed by atoms with van der Waals surface area (Å²) in [5.41, 5.74) is 6.06. The SMILES string of the molecule is NC(=O)NC(=O)c1c(NC(=O)CCS(=O)(=O)c2ccccc2)sc2c1CCC2. The number of primary amides is 1. The van der Waals surface area contributed by atoms with Crippen LogP contribution in [0.1, 0.15) is 33.6 Å². The van der Waals surface area contributed by atoms with Gasteiger partial charge in [-0.05, 0) is 37.0 Å². The molecule has 1 aliphatic rings. The van der Waals surface area contributed by atoms with Crippen LogP contribution in [-0.2, 0) is 27.5 Å². The number of hydrogen-bond acceptors (Lipinski definition) is 6. The topological polar surface area (TPSA) is 135 Å². The molecule has 1 aromatic heterocycles. The van der Waals surface area contributed by atoms with Crippen LogP contribution in [0.5, 0.6) is 0 Å². The molecule has 0 saturated heterocycles. The van der Waals surface area contributed by atoms with E-state index in [0.29, 0.717) is 11.4 Å². The molecule has 4 N–H and O–H groups in total. The van der Waals surface area contributed by atoms with Crippen molar-refractivity contribution < 1.29 is 22.8 Å². The molecule has 4 amide bonds. The maximum atomic E-state index is 12.3. The van der Waals surface area contributed by atoms with Gasteiger partial charge in [0.1, 0.15) is 5.00 Å². The number of benzene rings is 1. The molecular weight excluding hydrogens is 402 g/mol. The van der Waals surface area contributed by atoms with Gasteiger partial charge in [-0.1, -0.05) is 18.2 Å². The van der Waals surface area contributed by atoms with Crippen LogP contribution in [0.4, 0.5) is 9.80 Å². The zero-order chi connectivity index (χ0) is 20.3. The highest BCUT2D eigenvalue weighted by atomic mass is 32.2. The average molecular weight is 422 g/mol. The van der Waals surface area contributed by atoms with Crippen LogP contribution in [0.2, 0.25) is 0 Å². The number of urea groups is 1. The summed E-state index contributed by atoms with van der Waals surface area (Å²) >= 11 is 1.27. The summed E-state index contributed by atoms with van der Waals surface area (Å²) in [4.78, 5) is 36.8. The number of anilines is 1. The van der Waals surface area contributed by atoms with Crippen LogP contribution in [0.3, 0.4) is 0 Å². The largest absolute Gasteiger partial charge is 0.351 e. The number of nitrogens with two attached hydrogens (primary N) is 1. The Kier molecular flexibility index (Phi) is 5.80. The molecule has 0 spiro atoms. The number of carbonyl (C=O) groups excluding carboxylic acids is 3. The van der Waals surface area contributed by atoms with Gasteiger partial charge in [-0.3, -0.25) is 14.9 Å². The normalized spacial score (nSPS) is 13.0. The number of sulfone groups is 1. The van der Waals surface area contributed by atoms with Crippen molar-refractivity contribution >= 4 is 44.0 Å². The zero-order valence-corrected chi connectivity index (χ0v) is 16.5. The van der Waals surface area contributed by atoms with Crippen molar-refractivity contribution in [3.8, 4) is 0 Å². The van der Waals surface area contributed by atoms with Crippen molar-refractivity contribution in [1.29, 1.82) is 0 Å². The Hall–Kier alpha value is -2.72. The quantitative estimate of drug-likeness (QED) is 0.654. The maximum Gasteiger partial charge on any atom is 0.319 e. The summed E-state index contributed by atoms with van der Waals surface area (Å²) in [5, 5.41) is 4.96.